The van der Waals surface area contributed by atoms with Crippen molar-refractivity contribution in [2.45, 2.75) is 4.90 Å². The van der Waals surface area contributed by atoms with Crippen LogP contribution in [0.1, 0.15) is 0 Å². The van der Waals surface area contributed by atoms with E-state index in [-0.39, 0.29) is 11.4 Å². The second-order valence-electron chi connectivity index (χ2n) is 3.41. The van der Waals surface area contributed by atoms with Gasteiger partial charge in [-0.3, -0.25) is 4.31 Å². The van der Waals surface area contributed by atoms with Gasteiger partial charge in [-0.2, -0.15) is 0 Å². The Morgan fingerprint density at radius 2 is 2.06 bits per heavy atom. The molecule has 1 aromatic carbocycles. The van der Waals surface area contributed by atoms with Gasteiger partial charge in [0.05, 0.1) is 12.2 Å². The van der Waals surface area contributed by atoms with Gasteiger partial charge in [0.15, 0.2) is 0 Å². The number of rotatable bonds is 3. The van der Waals surface area contributed by atoms with Crippen molar-refractivity contribution in [1.29, 1.82) is 0 Å². The fourth-order valence-corrected chi connectivity index (χ4v) is 2.95. The fraction of sp³-hybridized carbons (Fsp3) is 0.182. The lowest BCUT2D eigenvalue weighted by Crippen LogP contribution is -2.32. The van der Waals surface area contributed by atoms with Crippen LogP contribution in [0.2, 0.25) is 0 Å². The SMILES string of the molecule is O=S1(=O)c2ccccc2N=CN1CC=CCCl. The Hall–Kier alpha value is -1.33. The zero-order valence-corrected chi connectivity index (χ0v) is 10.5. The number of hydrogen-bond acceptors (Lipinski definition) is 3. The van der Waals surface area contributed by atoms with E-state index in [2.05, 4.69) is 4.99 Å². The Morgan fingerprint density at radius 1 is 1.29 bits per heavy atom. The molecule has 0 bridgehead atoms. The molecule has 6 heteroatoms. The molecule has 0 fully saturated rings. The maximum absolute atomic E-state index is 12.2. The lowest BCUT2D eigenvalue weighted by molar-refractivity contribution is 0.542. The van der Waals surface area contributed by atoms with Crippen LogP contribution in [0.15, 0.2) is 46.3 Å². The van der Waals surface area contributed by atoms with Crippen molar-refractivity contribution in [2.75, 3.05) is 12.4 Å². The number of fused-ring (bicyclic) bond motifs is 1. The average molecular weight is 271 g/mol. The maximum atomic E-state index is 12.2. The highest BCUT2D eigenvalue weighted by molar-refractivity contribution is 7.89. The highest BCUT2D eigenvalue weighted by atomic mass is 35.5. The minimum atomic E-state index is -3.47. The summed E-state index contributed by atoms with van der Waals surface area (Å²) in [7, 11) is -3.47. The average Bonchev–Trinajstić information content (AvgIpc) is 2.32. The number of para-hydroxylation sites is 1. The van der Waals surface area contributed by atoms with E-state index in [1.165, 1.54) is 10.6 Å². The molecule has 1 aromatic rings. The largest absolute Gasteiger partial charge is 0.267 e. The van der Waals surface area contributed by atoms with Gasteiger partial charge in [-0.25, -0.2) is 13.4 Å². The van der Waals surface area contributed by atoms with Crippen LogP contribution in [0.25, 0.3) is 0 Å². The van der Waals surface area contributed by atoms with E-state index in [9.17, 15) is 8.42 Å². The normalized spacial score (nSPS) is 17.4. The molecule has 0 aromatic heterocycles. The van der Waals surface area contributed by atoms with Crippen molar-refractivity contribution in [1.82, 2.24) is 4.31 Å². The Kier molecular flexibility index (Phi) is 3.49. The number of benzene rings is 1. The summed E-state index contributed by atoms with van der Waals surface area (Å²) < 4.78 is 25.5. The van der Waals surface area contributed by atoms with Crippen molar-refractivity contribution in [2.24, 2.45) is 4.99 Å². The van der Waals surface area contributed by atoms with Crippen molar-refractivity contribution < 1.29 is 8.42 Å². The van der Waals surface area contributed by atoms with Crippen LogP contribution in [0, 0.1) is 0 Å². The summed E-state index contributed by atoms with van der Waals surface area (Å²) in [4.78, 5) is 4.34. The minimum Gasteiger partial charge on any atom is -0.252 e. The molecule has 2 rings (SSSR count). The summed E-state index contributed by atoms with van der Waals surface area (Å²) in [5.74, 6) is 0.363. The Balaban J connectivity index is 2.34. The van der Waals surface area contributed by atoms with Crippen molar-refractivity contribution in [3.63, 3.8) is 0 Å². The van der Waals surface area contributed by atoms with Crippen LogP contribution >= 0.6 is 11.6 Å². The molecule has 0 amide bonds. The number of halogens is 1. The summed E-state index contributed by atoms with van der Waals surface area (Å²) in [6.07, 6.45) is 4.73. The monoisotopic (exact) mass is 270 g/mol. The van der Waals surface area contributed by atoms with Gasteiger partial charge in [0.2, 0.25) is 0 Å². The first-order chi connectivity index (χ1) is 8.16. The highest BCUT2D eigenvalue weighted by Crippen LogP contribution is 2.29. The number of alkyl halides is 1. The number of aliphatic imine (C=N–C) groups is 1. The van der Waals surface area contributed by atoms with Gasteiger partial charge in [0.25, 0.3) is 10.0 Å². The van der Waals surface area contributed by atoms with E-state index >= 15 is 0 Å². The lowest BCUT2D eigenvalue weighted by atomic mass is 10.3. The molecule has 1 aliphatic heterocycles. The molecule has 0 saturated heterocycles. The van der Waals surface area contributed by atoms with Gasteiger partial charge >= 0.3 is 0 Å². The van der Waals surface area contributed by atoms with Crippen LogP contribution in [0.3, 0.4) is 0 Å². The first-order valence-corrected chi connectivity index (χ1v) is 7.00. The number of hydrogen-bond donors (Lipinski definition) is 0. The second-order valence-corrected chi connectivity index (χ2v) is 5.58. The van der Waals surface area contributed by atoms with Crippen LogP contribution in [-0.4, -0.2) is 31.5 Å². The summed E-state index contributed by atoms with van der Waals surface area (Å²) in [6.45, 7) is 0.243. The zero-order chi connectivity index (χ0) is 12.3. The molecule has 1 aliphatic rings. The third-order valence-corrected chi connectivity index (χ3v) is 4.26. The van der Waals surface area contributed by atoms with Crippen molar-refractivity contribution >= 4 is 33.7 Å². The van der Waals surface area contributed by atoms with E-state index in [0.717, 1.165) is 0 Å². The van der Waals surface area contributed by atoms with E-state index in [1.807, 2.05) is 0 Å². The van der Waals surface area contributed by atoms with Gasteiger partial charge in [0.1, 0.15) is 11.2 Å². The summed E-state index contributed by atoms with van der Waals surface area (Å²) >= 11 is 5.48. The van der Waals surface area contributed by atoms with Crippen LogP contribution < -0.4 is 0 Å². The molecule has 0 saturated carbocycles. The van der Waals surface area contributed by atoms with Crippen molar-refractivity contribution in [3.8, 4) is 0 Å². The molecule has 17 heavy (non-hydrogen) atoms. The van der Waals surface area contributed by atoms with Gasteiger partial charge < -0.3 is 0 Å². The Morgan fingerprint density at radius 3 is 2.82 bits per heavy atom. The maximum Gasteiger partial charge on any atom is 0.267 e. The molecule has 0 unspecified atom stereocenters. The van der Waals surface area contributed by atoms with Gasteiger partial charge in [-0.1, -0.05) is 24.3 Å². The van der Waals surface area contributed by atoms with Crippen molar-refractivity contribution in [3.05, 3.63) is 36.4 Å². The molecule has 4 nitrogen and oxygen atoms in total. The molecular weight excluding hydrogens is 260 g/mol. The molecule has 0 radical (unpaired) electrons. The smallest absolute Gasteiger partial charge is 0.252 e. The fourth-order valence-electron chi connectivity index (χ4n) is 1.48. The first kappa shape index (κ1) is 12.1. The van der Waals surface area contributed by atoms with Gasteiger partial charge in [-0.15, -0.1) is 11.6 Å². The second kappa shape index (κ2) is 4.89. The Bertz CT molecular complexity index is 567. The third-order valence-electron chi connectivity index (χ3n) is 2.32. The van der Waals surface area contributed by atoms with E-state index < -0.39 is 10.0 Å². The molecule has 0 aliphatic carbocycles. The van der Waals surface area contributed by atoms with Crippen LogP contribution in [0.5, 0.6) is 0 Å². The summed E-state index contributed by atoms with van der Waals surface area (Å²) in [5.41, 5.74) is 0.477. The van der Waals surface area contributed by atoms with Gasteiger partial charge in [0, 0.05) is 5.88 Å². The molecular formula is C11H11ClN2O2S. The van der Waals surface area contributed by atoms with E-state index in [4.69, 9.17) is 11.6 Å². The van der Waals surface area contributed by atoms with E-state index in [1.54, 1.807) is 36.4 Å². The molecule has 0 atom stereocenters. The quantitative estimate of drug-likeness (QED) is 0.624. The molecule has 0 N–H and O–H groups in total. The first-order valence-electron chi connectivity index (χ1n) is 5.02. The van der Waals surface area contributed by atoms with Crippen LogP contribution in [-0.2, 0) is 10.0 Å². The Labute approximate surface area is 105 Å². The zero-order valence-electron chi connectivity index (χ0n) is 8.95. The van der Waals surface area contributed by atoms with Gasteiger partial charge in [-0.05, 0) is 12.1 Å². The molecule has 0 spiro atoms. The lowest BCUT2D eigenvalue weighted by Gasteiger charge is -2.22. The summed E-state index contributed by atoms with van der Waals surface area (Å²) in [5, 5.41) is 0. The third kappa shape index (κ3) is 2.35. The standard InChI is InChI=1S/C11H11ClN2O2S/c12-7-3-4-8-14-9-13-10-5-1-2-6-11(10)17(14,15)16/h1-6,9H,7-8H2. The summed E-state index contributed by atoms with van der Waals surface area (Å²) in [6, 6.07) is 6.67. The van der Waals surface area contributed by atoms with Crippen LogP contribution in [0.4, 0.5) is 5.69 Å². The highest BCUT2D eigenvalue weighted by Gasteiger charge is 2.27. The topological polar surface area (TPSA) is 49.7 Å². The number of nitrogens with zero attached hydrogens (tertiary/aromatic N) is 2. The molecule has 1 heterocycles. The molecule has 90 valence electrons. The number of allylic oxidation sites excluding steroid dienone is 1. The predicted octanol–water partition coefficient (Wildman–Crippen LogP) is 2.15. The minimum absolute atomic E-state index is 0.238. The van der Waals surface area contributed by atoms with E-state index in [0.29, 0.717) is 11.6 Å². The predicted molar refractivity (Wildman–Crippen MR) is 68.3 cm³/mol. The number of sulfonamides is 1.